The topological polar surface area (TPSA) is 80.7 Å². The molecule has 100 valence electrons. The third-order valence-electron chi connectivity index (χ3n) is 2.02. The van der Waals surface area contributed by atoms with Gasteiger partial charge in [-0.05, 0) is 32.9 Å². The molecule has 1 unspecified atom stereocenters. The number of aliphatic carboxylic acids is 1. The Bertz CT molecular complexity index is 513. The van der Waals surface area contributed by atoms with Gasteiger partial charge < -0.3 is 9.84 Å². The average Bonchev–Trinajstić information content (AvgIpc) is 2.25. The first kappa shape index (κ1) is 14.7. The second-order valence-electron chi connectivity index (χ2n) is 4.76. The van der Waals surface area contributed by atoms with Crippen LogP contribution in [0.4, 0.5) is 0 Å². The minimum atomic E-state index is -4.06. The van der Waals surface area contributed by atoms with Crippen LogP contribution >= 0.6 is 0 Å². The summed E-state index contributed by atoms with van der Waals surface area (Å²) >= 11 is 0. The highest BCUT2D eigenvalue weighted by Gasteiger charge is 2.38. The van der Waals surface area contributed by atoms with Gasteiger partial charge in [-0.3, -0.25) is 0 Å². The third kappa shape index (κ3) is 3.54. The molecule has 1 rings (SSSR count). The fraction of sp³-hybridized carbons (Fsp3) is 0.417. The van der Waals surface area contributed by atoms with Gasteiger partial charge in [0.05, 0.1) is 10.5 Å². The number of ether oxygens (including phenoxy) is 1. The summed E-state index contributed by atoms with van der Waals surface area (Å²) in [6, 6.07) is 7.40. The summed E-state index contributed by atoms with van der Waals surface area (Å²) in [6.07, 6.45) is 0. The first-order valence-electron chi connectivity index (χ1n) is 5.34. The van der Waals surface area contributed by atoms with E-state index >= 15 is 0 Å². The first-order valence-corrected chi connectivity index (χ1v) is 6.89. The predicted octanol–water partition coefficient (Wildman–Crippen LogP) is 1.69. The maximum absolute atomic E-state index is 12.1. The summed E-state index contributed by atoms with van der Waals surface area (Å²) in [4.78, 5) is 11.0. The number of carboxylic acid groups (broad SMARTS) is 1. The van der Waals surface area contributed by atoms with Gasteiger partial charge in [-0.1, -0.05) is 18.2 Å². The van der Waals surface area contributed by atoms with E-state index in [2.05, 4.69) is 0 Å². The molecule has 0 aromatic heterocycles. The molecule has 0 saturated heterocycles. The molecule has 0 amide bonds. The minimum Gasteiger partial charge on any atom is -0.479 e. The molecule has 0 spiro atoms. The zero-order valence-electron chi connectivity index (χ0n) is 10.5. The van der Waals surface area contributed by atoms with E-state index in [0.717, 1.165) is 0 Å². The van der Waals surface area contributed by atoms with Crippen molar-refractivity contribution in [3.8, 4) is 0 Å². The van der Waals surface area contributed by atoms with E-state index in [1.807, 2.05) is 0 Å². The average molecular weight is 272 g/mol. The fourth-order valence-electron chi connectivity index (χ4n) is 1.30. The number of hydrogen-bond donors (Lipinski definition) is 1. The molecular weight excluding hydrogens is 256 g/mol. The molecule has 0 bridgehead atoms. The summed E-state index contributed by atoms with van der Waals surface area (Å²) in [7, 11) is -4.06. The molecule has 1 aromatic carbocycles. The smallest absolute Gasteiger partial charge is 0.349 e. The van der Waals surface area contributed by atoms with Crippen molar-refractivity contribution in [2.75, 3.05) is 0 Å². The van der Waals surface area contributed by atoms with Crippen molar-refractivity contribution >= 4 is 15.8 Å². The highest BCUT2D eigenvalue weighted by Crippen LogP contribution is 2.21. The van der Waals surface area contributed by atoms with Gasteiger partial charge >= 0.3 is 5.97 Å². The molecule has 0 radical (unpaired) electrons. The lowest BCUT2D eigenvalue weighted by Gasteiger charge is -2.24. The molecule has 5 nitrogen and oxygen atoms in total. The van der Waals surface area contributed by atoms with Crippen molar-refractivity contribution in [3.05, 3.63) is 30.3 Å². The van der Waals surface area contributed by atoms with Crippen LogP contribution in [-0.2, 0) is 19.4 Å². The fourth-order valence-corrected chi connectivity index (χ4v) is 2.77. The van der Waals surface area contributed by atoms with Gasteiger partial charge in [0.25, 0.3) is 5.44 Å². The monoisotopic (exact) mass is 272 g/mol. The SMILES string of the molecule is CC(C)(C)OC(C(=O)O)S(=O)(=O)c1ccccc1. The molecule has 1 aromatic rings. The maximum atomic E-state index is 12.1. The van der Waals surface area contributed by atoms with Crippen molar-refractivity contribution in [1.82, 2.24) is 0 Å². The quantitative estimate of drug-likeness (QED) is 0.902. The van der Waals surface area contributed by atoms with Gasteiger partial charge in [-0.2, -0.15) is 0 Å². The van der Waals surface area contributed by atoms with Gasteiger partial charge in [-0.15, -0.1) is 0 Å². The highest BCUT2D eigenvalue weighted by atomic mass is 32.2. The Labute approximate surface area is 106 Å². The van der Waals surface area contributed by atoms with Crippen molar-refractivity contribution in [2.45, 2.75) is 36.7 Å². The molecule has 1 N–H and O–H groups in total. The highest BCUT2D eigenvalue weighted by molar-refractivity contribution is 7.92. The van der Waals surface area contributed by atoms with Crippen molar-refractivity contribution in [1.29, 1.82) is 0 Å². The zero-order chi connectivity index (χ0) is 14.0. The van der Waals surface area contributed by atoms with Crippen LogP contribution in [0.5, 0.6) is 0 Å². The van der Waals surface area contributed by atoms with Crippen LogP contribution in [0.3, 0.4) is 0 Å². The summed E-state index contributed by atoms with van der Waals surface area (Å²) in [5, 5.41) is 9.03. The third-order valence-corrected chi connectivity index (χ3v) is 3.81. The number of carboxylic acids is 1. The van der Waals surface area contributed by atoms with Crippen LogP contribution in [0.25, 0.3) is 0 Å². The second kappa shape index (κ2) is 5.07. The van der Waals surface area contributed by atoms with Gasteiger partial charge in [0.15, 0.2) is 0 Å². The van der Waals surface area contributed by atoms with Gasteiger partial charge in [-0.25, -0.2) is 13.2 Å². The zero-order valence-corrected chi connectivity index (χ0v) is 11.3. The number of hydrogen-bond acceptors (Lipinski definition) is 4. The molecule has 0 aliphatic carbocycles. The molecule has 18 heavy (non-hydrogen) atoms. The van der Waals surface area contributed by atoms with E-state index in [-0.39, 0.29) is 4.90 Å². The van der Waals surface area contributed by atoms with Crippen LogP contribution in [0.2, 0.25) is 0 Å². The Balaban J connectivity index is 3.18. The van der Waals surface area contributed by atoms with Crippen LogP contribution in [0, 0.1) is 0 Å². The number of rotatable bonds is 4. The van der Waals surface area contributed by atoms with E-state index in [4.69, 9.17) is 9.84 Å². The molecule has 0 aliphatic heterocycles. The second-order valence-corrected chi connectivity index (χ2v) is 6.75. The Kier molecular flexibility index (Phi) is 4.13. The summed E-state index contributed by atoms with van der Waals surface area (Å²) in [6.45, 7) is 4.80. The molecule has 0 aliphatic rings. The normalized spacial score (nSPS) is 14.2. The molecule has 1 atom stereocenters. The van der Waals surface area contributed by atoms with E-state index in [1.54, 1.807) is 26.8 Å². The first-order chi connectivity index (χ1) is 8.14. The lowest BCUT2D eigenvalue weighted by atomic mass is 10.2. The molecular formula is C12H16O5S. The predicted molar refractivity (Wildman–Crippen MR) is 65.9 cm³/mol. The van der Waals surface area contributed by atoms with E-state index in [1.165, 1.54) is 24.3 Å². The maximum Gasteiger partial charge on any atom is 0.349 e. The number of benzene rings is 1. The molecule has 0 saturated carbocycles. The Morgan fingerprint density at radius 2 is 1.72 bits per heavy atom. The van der Waals surface area contributed by atoms with Gasteiger partial charge in [0, 0.05) is 0 Å². The molecule has 0 heterocycles. The lowest BCUT2D eigenvalue weighted by molar-refractivity contribution is -0.151. The Morgan fingerprint density at radius 1 is 1.22 bits per heavy atom. The summed E-state index contributed by atoms with van der Waals surface area (Å²) in [5.41, 5.74) is -2.77. The van der Waals surface area contributed by atoms with Crippen LogP contribution in [0.15, 0.2) is 35.2 Å². The number of sulfone groups is 1. The van der Waals surface area contributed by atoms with Gasteiger partial charge in [0.1, 0.15) is 0 Å². The Morgan fingerprint density at radius 3 is 2.11 bits per heavy atom. The molecule has 6 heteroatoms. The standard InChI is InChI=1S/C12H16O5S/c1-12(2,3)17-11(10(13)14)18(15,16)9-7-5-4-6-8-9/h4-8,11H,1-3H3,(H,13,14). The largest absolute Gasteiger partial charge is 0.479 e. The number of carbonyl (C=O) groups is 1. The van der Waals surface area contributed by atoms with Crippen LogP contribution in [0.1, 0.15) is 20.8 Å². The van der Waals surface area contributed by atoms with Crippen LogP contribution in [-0.4, -0.2) is 30.5 Å². The van der Waals surface area contributed by atoms with Crippen molar-refractivity contribution < 1.29 is 23.1 Å². The molecule has 0 fully saturated rings. The Hall–Kier alpha value is -1.40. The van der Waals surface area contributed by atoms with E-state index < -0.39 is 26.8 Å². The lowest BCUT2D eigenvalue weighted by Crippen LogP contribution is -2.39. The van der Waals surface area contributed by atoms with Gasteiger partial charge in [0.2, 0.25) is 9.84 Å². The van der Waals surface area contributed by atoms with E-state index in [9.17, 15) is 13.2 Å². The summed E-state index contributed by atoms with van der Waals surface area (Å²) in [5.74, 6) is -1.52. The van der Waals surface area contributed by atoms with Crippen molar-refractivity contribution in [2.24, 2.45) is 0 Å². The van der Waals surface area contributed by atoms with E-state index in [0.29, 0.717) is 0 Å². The summed E-state index contributed by atoms with van der Waals surface area (Å²) < 4.78 is 29.4. The van der Waals surface area contributed by atoms with Crippen molar-refractivity contribution in [3.63, 3.8) is 0 Å². The van der Waals surface area contributed by atoms with Crippen LogP contribution < -0.4 is 0 Å². The minimum absolute atomic E-state index is 0.0679.